The molecule has 0 amide bonds. The van der Waals surface area contributed by atoms with Crippen molar-refractivity contribution in [2.24, 2.45) is 0 Å². The molecule has 0 atom stereocenters. The number of nitrogens with two attached hydrogens (primary N) is 1. The van der Waals surface area contributed by atoms with Gasteiger partial charge in [0.05, 0.1) is 0 Å². The van der Waals surface area contributed by atoms with E-state index in [0.717, 1.165) is 26.9 Å². The maximum absolute atomic E-state index is 5.94. The normalized spacial score (nSPS) is 10.5. The Morgan fingerprint density at radius 2 is 1.76 bits per heavy atom. The minimum atomic E-state index is 0.709. The average molecular weight is 284 g/mol. The van der Waals surface area contributed by atoms with Crippen LogP contribution in [0.2, 0.25) is 10.0 Å². The molecule has 1 nitrogen and oxygen atoms in total. The number of rotatable bonds is 3. The van der Waals surface area contributed by atoms with Crippen molar-refractivity contribution < 1.29 is 0 Å². The first kappa shape index (κ1) is 12.6. The summed E-state index contributed by atoms with van der Waals surface area (Å²) in [6.45, 7) is 0. The van der Waals surface area contributed by atoms with Crippen LogP contribution in [-0.4, -0.2) is 0 Å². The molecule has 17 heavy (non-hydrogen) atoms. The first-order valence-corrected chi connectivity index (χ1v) is 6.81. The van der Waals surface area contributed by atoms with Crippen molar-refractivity contribution in [1.82, 2.24) is 0 Å². The highest BCUT2D eigenvalue weighted by Gasteiger charge is 2.02. The molecule has 0 aliphatic heterocycles. The zero-order chi connectivity index (χ0) is 12.3. The van der Waals surface area contributed by atoms with E-state index in [2.05, 4.69) is 0 Å². The van der Waals surface area contributed by atoms with Crippen molar-refractivity contribution >= 4 is 40.7 Å². The van der Waals surface area contributed by atoms with Crippen LogP contribution in [0.1, 0.15) is 5.56 Å². The quantitative estimate of drug-likeness (QED) is 0.643. The van der Waals surface area contributed by atoms with Gasteiger partial charge in [0, 0.05) is 26.4 Å². The molecule has 2 aromatic rings. The van der Waals surface area contributed by atoms with Gasteiger partial charge in [0.15, 0.2) is 0 Å². The molecule has 0 unspecified atom stereocenters. The van der Waals surface area contributed by atoms with E-state index >= 15 is 0 Å². The van der Waals surface area contributed by atoms with Gasteiger partial charge in [0.25, 0.3) is 0 Å². The van der Waals surface area contributed by atoms with Gasteiger partial charge in [0.2, 0.25) is 0 Å². The zero-order valence-corrected chi connectivity index (χ0v) is 11.3. The highest BCUT2D eigenvalue weighted by molar-refractivity contribution is 7.98. The predicted octanol–water partition coefficient (Wildman–Crippen LogP) is 4.87. The number of benzene rings is 2. The number of halogens is 2. The van der Waals surface area contributed by atoms with Crippen molar-refractivity contribution in [2.45, 2.75) is 10.6 Å². The molecule has 0 heterocycles. The van der Waals surface area contributed by atoms with Crippen LogP contribution < -0.4 is 5.73 Å². The molecule has 0 spiro atoms. The van der Waals surface area contributed by atoms with Crippen LogP contribution in [0.15, 0.2) is 47.4 Å². The predicted molar refractivity (Wildman–Crippen MR) is 76.9 cm³/mol. The third-order valence-corrected chi connectivity index (χ3v) is 3.81. The molecule has 4 heteroatoms. The Labute approximate surface area is 115 Å². The molecular weight excluding hydrogens is 273 g/mol. The summed E-state index contributed by atoms with van der Waals surface area (Å²) in [5.41, 5.74) is 7.70. The van der Waals surface area contributed by atoms with Crippen LogP contribution in [0.5, 0.6) is 0 Å². The van der Waals surface area contributed by atoms with Crippen LogP contribution in [0.3, 0.4) is 0 Å². The van der Waals surface area contributed by atoms with E-state index in [4.69, 9.17) is 28.9 Å². The number of hydrogen-bond donors (Lipinski definition) is 1. The fraction of sp³-hybridized carbons (Fsp3) is 0.0769. The lowest BCUT2D eigenvalue weighted by Gasteiger charge is -2.06. The van der Waals surface area contributed by atoms with Gasteiger partial charge in [-0.1, -0.05) is 29.3 Å². The standard InChI is InChI=1S/C13H11Cl2NS/c14-10-2-1-3-12(7-10)17-8-9-6-11(15)4-5-13(9)16/h1-7H,8,16H2. The van der Waals surface area contributed by atoms with Gasteiger partial charge in [-0.3, -0.25) is 0 Å². The van der Waals surface area contributed by atoms with E-state index in [0.29, 0.717) is 5.02 Å². The molecule has 0 aromatic heterocycles. The van der Waals surface area contributed by atoms with E-state index in [-0.39, 0.29) is 0 Å². The van der Waals surface area contributed by atoms with E-state index < -0.39 is 0 Å². The van der Waals surface area contributed by atoms with Crippen molar-refractivity contribution in [1.29, 1.82) is 0 Å². The second-order valence-electron chi connectivity index (χ2n) is 3.59. The van der Waals surface area contributed by atoms with Crippen LogP contribution in [0.25, 0.3) is 0 Å². The van der Waals surface area contributed by atoms with Gasteiger partial charge in [-0.2, -0.15) is 0 Å². The largest absolute Gasteiger partial charge is 0.398 e. The molecule has 2 N–H and O–H groups in total. The summed E-state index contributed by atoms with van der Waals surface area (Å²) in [4.78, 5) is 1.12. The monoisotopic (exact) mass is 283 g/mol. The zero-order valence-electron chi connectivity index (χ0n) is 8.99. The summed E-state index contributed by atoms with van der Waals surface area (Å²) in [7, 11) is 0. The molecule has 88 valence electrons. The third kappa shape index (κ3) is 3.56. The summed E-state index contributed by atoms with van der Waals surface area (Å²) >= 11 is 13.5. The topological polar surface area (TPSA) is 26.0 Å². The first-order chi connectivity index (χ1) is 8.15. The average Bonchev–Trinajstić information content (AvgIpc) is 2.30. The second-order valence-corrected chi connectivity index (χ2v) is 5.51. The highest BCUT2D eigenvalue weighted by atomic mass is 35.5. The summed E-state index contributed by atoms with van der Waals surface area (Å²) in [6, 6.07) is 13.3. The van der Waals surface area contributed by atoms with Gasteiger partial charge in [-0.25, -0.2) is 0 Å². The molecule has 0 radical (unpaired) electrons. The fourth-order valence-electron chi connectivity index (χ4n) is 1.42. The summed E-state index contributed by atoms with van der Waals surface area (Å²) in [5, 5.41) is 1.45. The van der Waals surface area contributed by atoms with Gasteiger partial charge in [-0.15, -0.1) is 11.8 Å². The van der Waals surface area contributed by atoms with Crippen LogP contribution in [-0.2, 0) is 5.75 Å². The van der Waals surface area contributed by atoms with Crippen LogP contribution in [0.4, 0.5) is 5.69 Å². The van der Waals surface area contributed by atoms with Crippen molar-refractivity contribution in [3.8, 4) is 0 Å². The van der Waals surface area contributed by atoms with E-state index in [1.54, 1.807) is 17.8 Å². The Bertz CT molecular complexity index is 529. The first-order valence-electron chi connectivity index (χ1n) is 5.07. The maximum atomic E-state index is 5.94. The van der Waals surface area contributed by atoms with Crippen molar-refractivity contribution in [2.75, 3.05) is 5.73 Å². The molecular formula is C13H11Cl2NS. The Kier molecular flexibility index (Phi) is 4.21. The number of nitrogen functional groups attached to an aromatic ring is 1. The highest BCUT2D eigenvalue weighted by Crippen LogP contribution is 2.28. The molecule has 0 saturated carbocycles. The third-order valence-electron chi connectivity index (χ3n) is 2.30. The van der Waals surface area contributed by atoms with Crippen molar-refractivity contribution in [3.63, 3.8) is 0 Å². The molecule has 2 rings (SSSR count). The lowest BCUT2D eigenvalue weighted by Crippen LogP contribution is -1.92. The Balaban J connectivity index is 2.09. The Morgan fingerprint density at radius 1 is 1.00 bits per heavy atom. The fourth-order valence-corrected chi connectivity index (χ4v) is 2.82. The van der Waals surface area contributed by atoms with Crippen LogP contribution in [0, 0.1) is 0 Å². The van der Waals surface area contributed by atoms with E-state index in [9.17, 15) is 0 Å². The minimum Gasteiger partial charge on any atom is -0.398 e. The lowest BCUT2D eigenvalue weighted by molar-refractivity contribution is 1.38. The second kappa shape index (κ2) is 5.67. The molecule has 0 fully saturated rings. The van der Waals surface area contributed by atoms with Gasteiger partial charge in [-0.05, 0) is 42.0 Å². The molecule has 0 aliphatic rings. The minimum absolute atomic E-state index is 0.709. The van der Waals surface area contributed by atoms with E-state index in [1.807, 2.05) is 36.4 Å². The molecule has 0 aliphatic carbocycles. The maximum Gasteiger partial charge on any atom is 0.0417 e. The summed E-state index contributed by atoms with van der Waals surface area (Å²) in [5.74, 6) is 0.784. The van der Waals surface area contributed by atoms with E-state index in [1.165, 1.54) is 0 Å². The number of thioether (sulfide) groups is 1. The number of anilines is 1. The lowest BCUT2D eigenvalue weighted by atomic mass is 10.2. The molecule has 0 saturated heterocycles. The van der Waals surface area contributed by atoms with Gasteiger partial charge in [0.1, 0.15) is 0 Å². The SMILES string of the molecule is Nc1ccc(Cl)cc1CSc1cccc(Cl)c1. The van der Waals surface area contributed by atoms with Gasteiger partial charge >= 0.3 is 0 Å². The number of hydrogen-bond acceptors (Lipinski definition) is 2. The Hall–Kier alpha value is -0.830. The van der Waals surface area contributed by atoms with Crippen LogP contribution >= 0.6 is 35.0 Å². The summed E-state index contributed by atoms with van der Waals surface area (Å²) < 4.78 is 0. The Morgan fingerprint density at radius 3 is 2.53 bits per heavy atom. The van der Waals surface area contributed by atoms with Gasteiger partial charge < -0.3 is 5.73 Å². The smallest absolute Gasteiger partial charge is 0.0417 e. The van der Waals surface area contributed by atoms with Crippen molar-refractivity contribution in [3.05, 3.63) is 58.1 Å². The molecule has 0 bridgehead atoms. The molecule has 2 aromatic carbocycles. The summed E-state index contributed by atoms with van der Waals surface area (Å²) in [6.07, 6.45) is 0.